The molecule has 1 amide bonds. The molecule has 0 radical (unpaired) electrons. The molecule has 1 aliphatic heterocycles. The van der Waals surface area contributed by atoms with Crippen molar-refractivity contribution in [1.82, 2.24) is 4.31 Å². The van der Waals surface area contributed by atoms with Gasteiger partial charge in [0.2, 0.25) is 15.9 Å². The largest absolute Gasteiger partial charge is 0.481 e. The molecule has 1 fully saturated rings. The zero-order chi connectivity index (χ0) is 19.2. The van der Waals surface area contributed by atoms with E-state index in [9.17, 15) is 18.0 Å². The van der Waals surface area contributed by atoms with Crippen molar-refractivity contribution < 1.29 is 23.1 Å². The molecule has 1 unspecified atom stereocenters. The number of nitrogens with zero attached hydrogens (tertiary/aromatic N) is 1. The molecule has 7 nitrogen and oxygen atoms in total. The number of hydrogen-bond donors (Lipinski definition) is 2. The van der Waals surface area contributed by atoms with E-state index in [1.54, 1.807) is 24.3 Å². The molecule has 0 spiro atoms. The summed E-state index contributed by atoms with van der Waals surface area (Å²) in [5, 5.41) is 11.5. The van der Waals surface area contributed by atoms with Gasteiger partial charge < -0.3 is 10.4 Å². The number of carbonyl (C=O) groups is 2. The molecule has 8 heteroatoms. The standard InChI is InChI=1S/C18H26N2O5S/c1-2-13-26(24,25)20-12-4-3-5-16(20)18(23)19-15-9-6-14(7-10-15)8-11-17(21)22/h6-7,9-10,16H,2-5,8,11-13H2,1H3,(H,19,23)(H,21,22). The summed E-state index contributed by atoms with van der Waals surface area (Å²) >= 11 is 0. The maximum Gasteiger partial charge on any atom is 0.303 e. The summed E-state index contributed by atoms with van der Waals surface area (Å²) in [6.07, 6.45) is 3.11. The summed E-state index contributed by atoms with van der Waals surface area (Å²) in [4.78, 5) is 23.2. The Bertz CT molecular complexity index is 730. The Hall–Kier alpha value is -1.93. The van der Waals surface area contributed by atoms with E-state index in [0.717, 1.165) is 18.4 Å². The Balaban J connectivity index is 2.04. The van der Waals surface area contributed by atoms with Crippen molar-refractivity contribution in [1.29, 1.82) is 0 Å². The number of carboxylic acid groups (broad SMARTS) is 1. The van der Waals surface area contributed by atoms with E-state index < -0.39 is 22.0 Å². The van der Waals surface area contributed by atoms with Crippen molar-refractivity contribution in [2.75, 3.05) is 17.6 Å². The second-order valence-corrected chi connectivity index (χ2v) is 8.56. The third-order valence-corrected chi connectivity index (χ3v) is 6.50. The van der Waals surface area contributed by atoms with Crippen LogP contribution in [0.25, 0.3) is 0 Å². The molecule has 0 aliphatic carbocycles. The molecule has 26 heavy (non-hydrogen) atoms. The molecule has 2 N–H and O–H groups in total. The second kappa shape index (κ2) is 9.14. The predicted molar refractivity (Wildman–Crippen MR) is 99.5 cm³/mol. The van der Waals surface area contributed by atoms with Gasteiger partial charge in [-0.05, 0) is 43.4 Å². The molecule has 1 heterocycles. The summed E-state index contributed by atoms with van der Waals surface area (Å²) in [6, 6.07) is 6.29. The van der Waals surface area contributed by atoms with Crippen molar-refractivity contribution in [3.8, 4) is 0 Å². The van der Waals surface area contributed by atoms with Gasteiger partial charge in [-0.3, -0.25) is 9.59 Å². The molecule has 1 aromatic rings. The quantitative estimate of drug-likeness (QED) is 0.717. The highest BCUT2D eigenvalue weighted by Gasteiger charge is 2.36. The SMILES string of the molecule is CCCS(=O)(=O)N1CCCCC1C(=O)Nc1ccc(CCC(=O)O)cc1. The number of amides is 1. The van der Waals surface area contributed by atoms with Gasteiger partial charge in [0.05, 0.1) is 5.75 Å². The van der Waals surface area contributed by atoms with E-state index in [0.29, 0.717) is 31.5 Å². The van der Waals surface area contributed by atoms with E-state index in [4.69, 9.17) is 5.11 Å². The van der Waals surface area contributed by atoms with Gasteiger partial charge in [0.1, 0.15) is 6.04 Å². The number of aryl methyl sites for hydroxylation is 1. The number of sulfonamides is 1. The molecule has 2 rings (SSSR count). The second-order valence-electron chi connectivity index (χ2n) is 6.52. The minimum Gasteiger partial charge on any atom is -0.481 e. The van der Waals surface area contributed by atoms with Gasteiger partial charge in [-0.1, -0.05) is 25.5 Å². The fourth-order valence-electron chi connectivity index (χ4n) is 3.11. The summed E-state index contributed by atoms with van der Waals surface area (Å²) < 4.78 is 26.2. The van der Waals surface area contributed by atoms with Crippen LogP contribution in [-0.4, -0.2) is 48.0 Å². The maximum absolute atomic E-state index is 12.6. The van der Waals surface area contributed by atoms with Crippen molar-refractivity contribution in [2.45, 2.75) is 51.5 Å². The van der Waals surface area contributed by atoms with E-state index >= 15 is 0 Å². The number of carbonyl (C=O) groups excluding carboxylic acids is 1. The Morgan fingerprint density at radius 1 is 1.23 bits per heavy atom. The van der Waals surface area contributed by atoms with Crippen LogP contribution in [-0.2, 0) is 26.0 Å². The number of aliphatic carboxylic acids is 1. The van der Waals surface area contributed by atoms with Gasteiger partial charge in [-0.15, -0.1) is 0 Å². The number of nitrogens with one attached hydrogen (secondary N) is 1. The lowest BCUT2D eigenvalue weighted by molar-refractivity contribution is -0.137. The minimum absolute atomic E-state index is 0.0506. The van der Waals surface area contributed by atoms with Crippen LogP contribution in [0.2, 0.25) is 0 Å². The van der Waals surface area contributed by atoms with E-state index in [1.807, 2.05) is 6.92 Å². The van der Waals surface area contributed by atoms with Gasteiger partial charge in [0.25, 0.3) is 0 Å². The molecule has 0 aromatic heterocycles. The van der Waals surface area contributed by atoms with Gasteiger partial charge in [-0.25, -0.2) is 8.42 Å². The first kappa shape index (κ1) is 20.4. The lowest BCUT2D eigenvalue weighted by Crippen LogP contribution is -2.50. The fourth-order valence-corrected chi connectivity index (χ4v) is 4.85. The Kier molecular flexibility index (Phi) is 7.16. The third-order valence-electron chi connectivity index (χ3n) is 4.42. The summed E-state index contributed by atoms with van der Waals surface area (Å²) in [7, 11) is -3.43. The van der Waals surface area contributed by atoms with E-state index in [-0.39, 0.29) is 18.1 Å². The number of rotatable bonds is 8. The predicted octanol–water partition coefficient (Wildman–Crippen LogP) is 2.24. The first-order valence-electron chi connectivity index (χ1n) is 8.94. The van der Waals surface area contributed by atoms with Crippen LogP contribution in [0.3, 0.4) is 0 Å². The smallest absolute Gasteiger partial charge is 0.303 e. The monoisotopic (exact) mass is 382 g/mol. The molecule has 1 aliphatic rings. The molecular weight excluding hydrogens is 356 g/mol. The number of piperidine rings is 1. The molecule has 1 saturated heterocycles. The normalized spacial score (nSPS) is 18.4. The molecule has 144 valence electrons. The summed E-state index contributed by atoms with van der Waals surface area (Å²) in [6.45, 7) is 2.19. The Morgan fingerprint density at radius 2 is 1.92 bits per heavy atom. The van der Waals surface area contributed by atoms with Crippen LogP contribution in [0.5, 0.6) is 0 Å². The van der Waals surface area contributed by atoms with Crippen LogP contribution in [0.4, 0.5) is 5.69 Å². The van der Waals surface area contributed by atoms with Gasteiger partial charge in [0, 0.05) is 18.7 Å². The van der Waals surface area contributed by atoms with Crippen molar-refractivity contribution in [2.24, 2.45) is 0 Å². The van der Waals surface area contributed by atoms with Crippen molar-refractivity contribution >= 4 is 27.6 Å². The number of carboxylic acids is 1. The zero-order valence-corrected chi connectivity index (χ0v) is 15.8. The van der Waals surface area contributed by atoms with Gasteiger partial charge in [0.15, 0.2) is 0 Å². The third kappa shape index (κ3) is 5.54. The maximum atomic E-state index is 12.6. The van der Waals surface area contributed by atoms with E-state index in [2.05, 4.69) is 5.32 Å². The highest BCUT2D eigenvalue weighted by molar-refractivity contribution is 7.89. The van der Waals surface area contributed by atoms with Gasteiger partial charge >= 0.3 is 5.97 Å². The van der Waals surface area contributed by atoms with Crippen molar-refractivity contribution in [3.05, 3.63) is 29.8 Å². The Labute approximate surface area is 154 Å². The minimum atomic E-state index is -3.43. The first-order valence-corrected chi connectivity index (χ1v) is 10.6. The van der Waals surface area contributed by atoms with Gasteiger partial charge in [-0.2, -0.15) is 4.31 Å². The molecule has 1 atom stereocenters. The summed E-state index contributed by atoms with van der Waals surface area (Å²) in [5.41, 5.74) is 1.45. The highest BCUT2D eigenvalue weighted by Crippen LogP contribution is 2.23. The average molecular weight is 382 g/mol. The molecule has 1 aromatic carbocycles. The van der Waals surface area contributed by atoms with Crippen LogP contribution in [0.1, 0.15) is 44.6 Å². The topological polar surface area (TPSA) is 104 Å². The van der Waals surface area contributed by atoms with Crippen molar-refractivity contribution in [3.63, 3.8) is 0 Å². The zero-order valence-electron chi connectivity index (χ0n) is 15.0. The molecule has 0 saturated carbocycles. The lowest BCUT2D eigenvalue weighted by Gasteiger charge is -2.33. The summed E-state index contributed by atoms with van der Waals surface area (Å²) in [5.74, 6) is -1.12. The van der Waals surface area contributed by atoms with E-state index in [1.165, 1.54) is 4.31 Å². The number of benzene rings is 1. The van der Waals surface area contributed by atoms with Crippen LogP contribution < -0.4 is 5.32 Å². The molecule has 0 bridgehead atoms. The Morgan fingerprint density at radius 3 is 2.54 bits per heavy atom. The fraction of sp³-hybridized carbons (Fsp3) is 0.556. The highest BCUT2D eigenvalue weighted by atomic mass is 32.2. The number of hydrogen-bond acceptors (Lipinski definition) is 4. The molecular formula is C18H26N2O5S. The van der Waals surface area contributed by atoms with Crippen LogP contribution in [0.15, 0.2) is 24.3 Å². The van der Waals surface area contributed by atoms with Crippen LogP contribution in [0, 0.1) is 0 Å². The first-order chi connectivity index (χ1) is 12.3. The average Bonchev–Trinajstić information content (AvgIpc) is 2.61. The number of anilines is 1. The van der Waals surface area contributed by atoms with Crippen LogP contribution >= 0.6 is 0 Å². The lowest BCUT2D eigenvalue weighted by atomic mass is 10.0.